The van der Waals surface area contributed by atoms with Gasteiger partial charge in [0.05, 0.1) is 5.75 Å². The van der Waals surface area contributed by atoms with Crippen LogP contribution in [0.4, 0.5) is 0 Å². The van der Waals surface area contributed by atoms with Gasteiger partial charge in [0.1, 0.15) is 0 Å². The smallest absolute Gasteiger partial charge is 0.390 e. The van der Waals surface area contributed by atoms with Gasteiger partial charge in [-0.3, -0.25) is 4.90 Å². The van der Waals surface area contributed by atoms with Gasteiger partial charge in [-0.2, -0.15) is 0 Å². The van der Waals surface area contributed by atoms with E-state index in [0.717, 1.165) is 13.0 Å². The van der Waals surface area contributed by atoms with Gasteiger partial charge in [-0.15, -0.1) is 0 Å². The van der Waals surface area contributed by atoms with Crippen molar-refractivity contribution in [1.82, 2.24) is 9.12 Å². The summed E-state index contributed by atoms with van der Waals surface area (Å²) in [6.45, 7) is 7.98. The Morgan fingerprint density at radius 3 is 2.64 bits per heavy atom. The molecule has 0 aromatic heterocycles. The van der Waals surface area contributed by atoms with E-state index in [-0.39, 0.29) is 5.75 Å². The Morgan fingerprint density at radius 2 is 2.00 bits per heavy atom. The summed E-state index contributed by atoms with van der Waals surface area (Å²) < 4.78 is 25.4. The zero-order valence-electron chi connectivity index (χ0n) is 13.6. The van der Waals surface area contributed by atoms with Crippen molar-refractivity contribution in [1.29, 1.82) is 0 Å². The fraction of sp³-hybridized carbons (Fsp3) is 0.600. The lowest BCUT2D eigenvalue weighted by Crippen LogP contribution is -2.43. The first kappa shape index (κ1) is 17.5. The van der Waals surface area contributed by atoms with Crippen molar-refractivity contribution in [2.24, 2.45) is 0 Å². The van der Waals surface area contributed by atoms with E-state index in [2.05, 4.69) is 36.9 Å². The van der Waals surface area contributed by atoms with Crippen LogP contribution in [0.15, 0.2) is 18.2 Å². The van der Waals surface area contributed by atoms with Gasteiger partial charge in [-0.1, -0.05) is 25.1 Å². The van der Waals surface area contributed by atoms with Crippen LogP contribution in [0, 0.1) is 6.92 Å². The normalized spacial score (nSPS) is 19.8. The van der Waals surface area contributed by atoms with Gasteiger partial charge in [-0.25, -0.2) is 12.6 Å². The molecule has 0 radical (unpaired) electrons. The Hall–Kier alpha value is -0.885. The predicted octanol–water partition coefficient (Wildman–Crippen LogP) is 1.12. The van der Waals surface area contributed by atoms with E-state index in [1.54, 1.807) is 0 Å². The van der Waals surface area contributed by atoms with Crippen molar-refractivity contribution in [3.8, 4) is 0 Å². The molecule has 0 bridgehead atoms. The third-order valence-corrected chi connectivity index (χ3v) is 6.18. The standard InChI is InChI=1S/C15H25BN2O3S/c1-4-15-11-14(6-5-13(15)2)12-17-7-8-18(16(3)19)22(20,21)10-9-17/h5-6,11,19H,4,7-10,12H2,1-3H3. The van der Waals surface area contributed by atoms with Crippen LogP contribution in [-0.2, 0) is 23.0 Å². The number of sulfonamides is 1. The van der Waals surface area contributed by atoms with E-state index in [9.17, 15) is 13.4 Å². The quantitative estimate of drug-likeness (QED) is 0.843. The Labute approximate surface area is 134 Å². The van der Waals surface area contributed by atoms with E-state index >= 15 is 0 Å². The van der Waals surface area contributed by atoms with E-state index < -0.39 is 17.1 Å². The van der Waals surface area contributed by atoms with Gasteiger partial charge < -0.3 is 5.02 Å². The topological polar surface area (TPSA) is 60.9 Å². The SMILES string of the molecule is CCc1cc(CN2CCN(B(C)O)S(=O)(=O)CC2)ccc1C. The van der Waals surface area contributed by atoms with Gasteiger partial charge in [0.15, 0.2) is 0 Å². The maximum Gasteiger partial charge on any atom is 0.390 e. The zero-order valence-corrected chi connectivity index (χ0v) is 14.4. The molecule has 5 nitrogen and oxygen atoms in total. The van der Waals surface area contributed by atoms with Gasteiger partial charge >= 0.3 is 7.05 Å². The van der Waals surface area contributed by atoms with Crippen LogP contribution in [0.5, 0.6) is 0 Å². The third kappa shape index (κ3) is 4.10. The number of hydrogen-bond acceptors (Lipinski definition) is 4. The molecule has 0 aliphatic carbocycles. The molecule has 1 aromatic carbocycles. The monoisotopic (exact) mass is 324 g/mol. The van der Waals surface area contributed by atoms with Gasteiger partial charge in [0, 0.05) is 26.2 Å². The van der Waals surface area contributed by atoms with Crippen molar-refractivity contribution in [2.75, 3.05) is 25.4 Å². The maximum absolute atomic E-state index is 12.1. The summed E-state index contributed by atoms with van der Waals surface area (Å²) in [6.07, 6.45) is 1.00. The lowest BCUT2D eigenvalue weighted by atomic mass is 9.89. The Balaban J connectivity index is 2.09. The lowest BCUT2D eigenvalue weighted by Gasteiger charge is -2.21. The van der Waals surface area contributed by atoms with Crippen LogP contribution in [0.2, 0.25) is 6.82 Å². The fourth-order valence-electron chi connectivity index (χ4n) is 2.89. The van der Waals surface area contributed by atoms with Crippen molar-refractivity contribution in [2.45, 2.75) is 33.6 Å². The molecule has 0 amide bonds. The van der Waals surface area contributed by atoms with Gasteiger partial charge in [-0.05, 0) is 36.9 Å². The number of hydrogen-bond donors (Lipinski definition) is 1. The zero-order chi connectivity index (χ0) is 16.3. The molecule has 1 heterocycles. The average molecular weight is 324 g/mol. The van der Waals surface area contributed by atoms with Gasteiger partial charge in [0.2, 0.25) is 10.0 Å². The summed E-state index contributed by atoms with van der Waals surface area (Å²) in [4.78, 5) is 2.14. The van der Waals surface area contributed by atoms with Crippen molar-refractivity contribution in [3.63, 3.8) is 0 Å². The molecule has 2 rings (SSSR count). The first-order valence-corrected chi connectivity index (χ1v) is 9.42. The van der Waals surface area contributed by atoms with Crippen molar-refractivity contribution >= 4 is 17.1 Å². The van der Waals surface area contributed by atoms with E-state index in [1.807, 2.05) is 0 Å². The first-order valence-electron chi connectivity index (χ1n) is 7.82. The largest absolute Gasteiger partial charge is 0.437 e. The van der Waals surface area contributed by atoms with Crippen LogP contribution < -0.4 is 0 Å². The van der Waals surface area contributed by atoms with E-state index in [0.29, 0.717) is 19.6 Å². The van der Waals surface area contributed by atoms with Crippen molar-refractivity contribution < 1.29 is 13.4 Å². The molecule has 0 atom stereocenters. The molecule has 0 spiro atoms. The third-order valence-electron chi connectivity index (χ3n) is 4.28. The highest BCUT2D eigenvalue weighted by atomic mass is 32.2. The molecular formula is C15H25BN2O3S. The molecule has 1 N–H and O–H groups in total. The molecule has 122 valence electrons. The summed E-state index contributed by atoms with van der Waals surface area (Å²) in [5, 5.41) is 9.64. The summed E-state index contributed by atoms with van der Waals surface area (Å²) in [5.74, 6) is 0.0599. The maximum atomic E-state index is 12.1. The summed E-state index contributed by atoms with van der Waals surface area (Å²) in [6, 6.07) is 6.45. The number of nitrogens with zero attached hydrogens (tertiary/aromatic N) is 2. The predicted molar refractivity (Wildman–Crippen MR) is 90.2 cm³/mol. The lowest BCUT2D eigenvalue weighted by molar-refractivity contribution is 0.281. The second kappa shape index (κ2) is 7.13. The van der Waals surface area contributed by atoms with Crippen LogP contribution in [-0.4, -0.2) is 55.0 Å². The Morgan fingerprint density at radius 1 is 1.27 bits per heavy atom. The Kier molecular flexibility index (Phi) is 5.66. The minimum atomic E-state index is -3.36. The first-order chi connectivity index (χ1) is 10.3. The Bertz CT molecular complexity index is 619. The molecule has 0 saturated carbocycles. The van der Waals surface area contributed by atoms with Crippen LogP contribution in [0.25, 0.3) is 0 Å². The van der Waals surface area contributed by atoms with Gasteiger partial charge in [0.25, 0.3) is 0 Å². The van der Waals surface area contributed by atoms with Crippen molar-refractivity contribution in [3.05, 3.63) is 34.9 Å². The van der Waals surface area contributed by atoms with Crippen LogP contribution in [0.3, 0.4) is 0 Å². The summed E-state index contributed by atoms with van der Waals surface area (Å²) in [7, 11) is -4.32. The number of rotatable bonds is 4. The molecule has 1 fully saturated rings. The minimum Gasteiger partial charge on any atom is -0.437 e. The molecule has 7 heteroatoms. The molecule has 1 aromatic rings. The van der Waals surface area contributed by atoms with E-state index in [1.165, 1.54) is 27.7 Å². The molecular weight excluding hydrogens is 299 g/mol. The molecule has 1 aliphatic rings. The second-order valence-corrected chi connectivity index (χ2v) is 7.99. The number of aryl methyl sites for hydroxylation is 2. The summed E-state index contributed by atoms with van der Waals surface area (Å²) >= 11 is 0. The molecule has 1 aliphatic heterocycles. The molecule has 1 saturated heterocycles. The average Bonchev–Trinajstić information content (AvgIpc) is 2.60. The number of benzene rings is 1. The second-order valence-electron chi connectivity index (χ2n) is 5.95. The minimum absolute atomic E-state index is 0.0599. The fourth-order valence-corrected chi connectivity index (χ4v) is 4.44. The van der Waals surface area contributed by atoms with Crippen LogP contribution in [0.1, 0.15) is 23.6 Å². The molecule has 0 unspecified atom stereocenters. The highest BCUT2D eigenvalue weighted by molar-refractivity contribution is 7.90. The molecule has 22 heavy (non-hydrogen) atoms. The van der Waals surface area contributed by atoms with Crippen LogP contribution >= 0.6 is 0 Å². The van der Waals surface area contributed by atoms with E-state index in [4.69, 9.17) is 0 Å². The summed E-state index contributed by atoms with van der Waals surface area (Å²) in [5.41, 5.74) is 3.85. The highest BCUT2D eigenvalue weighted by Gasteiger charge is 2.32. The highest BCUT2D eigenvalue weighted by Crippen LogP contribution is 2.16.